The minimum Gasteiger partial charge on any atom is -0.376 e. The maximum atomic E-state index is 5.82. The third-order valence-corrected chi connectivity index (χ3v) is 2.64. The Morgan fingerprint density at radius 1 is 1.20 bits per heavy atom. The van der Waals surface area contributed by atoms with Crippen molar-refractivity contribution < 1.29 is 4.74 Å². The average molecular weight is 220 g/mol. The van der Waals surface area contributed by atoms with Crippen molar-refractivity contribution in [2.45, 2.75) is 0 Å². The fourth-order valence-corrected chi connectivity index (χ4v) is 1.67. The van der Waals surface area contributed by atoms with E-state index in [1.165, 1.54) is 11.5 Å². The molecule has 0 aliphatic carbocycles. The smallest absolute Gasteiger partial charge is 0.0690 e. The molecule has 2 heteroatoms. The maximum absolute atomic E-state index is 5.82. The molecule has 1 fully saturated rings. The normalized spacial score (nSPS) is 19.7. The van der Waals surface area contributed by atoms with Crippen LogP contribution < -0.4 is 0 Å². The van der Waals surface area contributed by atoms with Gasteiger partial charge in [-0.1, -0.05) is 35.9 Å². The van der Waals surface area contributed by atoms with E-state index in [9.17, 15) is 0 Å². The fourth-order valence-electron chi connectivity index (χ4n) is 1.54. The molecule has 0 atom stereocenters. The molecule has 1 aromatic carbocycles. The van der Waals surface area contributed by atoms with E-state index in [1.54, 1.807) is 0 Å². The molecule has 1 heterocycles. The minimum absolute atomic E-state index is 0.670. The maximum Gasteiger partial charge on any atom is 0.0690 e. The van der Waals surface area contributed by atoms with Crippen LogP contribution in [-0.2, 0) is 4.74 Å². The molecule has 0 saturated carbocycles. The summed E-state index contributed by atoms with van der Waals surface area (Å²) < 4.78 is 5.35. The van der Waals surface area contributed by atoms with Gasteiger partial charge in [-0.3, -0.25) is 0 Å². The molecular weight excluding hydrogens is 208 g/mol. The Bertz CT molecular complexity index is 378. The lowest BCUT2D eigenvalue weighted by Gasteiger charge is -2.02. The molecule has 2 rings (SSSR count). The zero-order chi connectivity index (χ0) is 10.7. The first-order chi connectivity index (χ1) is 7.29. The standard InChI is InChI=1S/C13H12ClO/c1-2-11-8-15-9-12(11)7-10-3-5-13(14)6-4-10/h2-7H,1,8-9H2/b12-7-. The number of rotatable bonds is 2. The minimum atomic E-state index is 0.670. The third-order valence-electron chi connectivity index (χ3n) is 2.38. The quantitative estimate of drug-likeness (QED) is 0.740. The van der Waals surface area contributed by atoms with Crippen LogP contribution in [0.2, 0.25) is 5.02 Å². The molecule has 0 aromatic heterocycles. The van der Waals surface area contributed by atoms with Gasteiger partial charge in [0.2, 0.25) is 0 Å². The third kappa shape index (κ3) is 2.49. The van der Waals surface area contributed by atoms with Gasteiger partial charge in [0.25, 0.3) is 0 Å². The van der Waals surface area contributed by atoms with Crippen molar-refractivity contribution in [3.8, 4) is 0 Å². The molecule has 1 radical (unpaired) electrons. The van der Waals surface area contributed by atoms with E-state index in [1.807, 2.05) is 30.3 Å². The van der Waals surface area contributed by atoms with Crippen molar-refractivity contribution in [2.24, 2.45) is 0 Å². The molecule has 0 bridgehead atoms. The molecule has 77 valence electrons. The fraction of sp³-hybridized carbons (Fsp3) is 0.154. The Hall–Kier alpha value is -1.05. The number of hydrogen-bond donors (Lipinski definition) is 0. The van der Waals surface area contributed by atoms with E-state index in [0.717, 1.165) is 10.6 Å². The Morgan fingerprint density at radius 2 is 1.93 bits per heavy atom. The van der Waals surface area contributed by atoms with Crippen LogP contribution in [0.25, 0.3) is 6.08 Å². The van der Waals surface area contributed by atoms with Gasteiger partial charge in [-0.2, -0.15) is 0 Å². The van der Waals surface area contributed by atoms with Crippen molar-refractivity contribution in [1.29, 1.82) is 0 Å². The summed E-state index contributed by atoms with van der Waals surface area (Å²) in [6, 6.07) is 7.76. The monoisotopic (exact) mass is 219 g/mol. The highest BCUT2D eigenvalue weighted by atomic mass is 35.5. The molecule has 0 N–H and O–H groups in total. The molecule has 0 unspecified atom stereocenters. The summed E-state index contributed by atoms with van der Waals surface area (Å²) >= 11 is 5.82. The van der Waals surface area contributed by atoms with Crippen LogP contribution in [0.15, 0.2) is 42.5 Å². The highest BCUT2D eigenvalue weighted by molar-refractivity contribution is 6.30. The zero-order valence-electron chi connectivity index (χ0n) is 8.37. The number of ether oxygens (including phenoxy) is 1. The molecule has 1 saturated heterocycles. The molecular formula is C13H12ClO. The molecule has 15 heavy (non-hydrogen) atoms. The van der Waals surface area contributed by atoms with Crippen molar-refractivity contribution in [3.63, 3.8) is 0 Å². The van der Waals surface area contributed by atoms with Gasteiger partial charge in [-0.25, -0.2) is 0 Å². The van der Waals surface area contributed by atoms with Crippen LogP contribution >= 0.6 is 11.6 Å². The van der Waals surface area contributed by atoms with Crippen molar-refractivity contribution in [3.05, 3.63) is 59.0 Å². The van der Waals surface area contributed by atoms with Gasteiger partial charge in [-0.05, 0) is 23.3 Å². The van der Waals surface area contributed by atoms with Gasteiger partial charge < -0.3 is 4.74 Å². The topological polar surface area (TPSA) is 9.23 Å². The van der Waals surface area contributed by atoms with Crippen LogP contribution in [0.5, 0.6) is 0 Å². The lowest BCUT2D eigenvalue weighted by Crippen LogP contribution is -1.93. The van der Waals surface area contributed by atoms with Crippen molar-refractivity contribution in [1.82, 2.24) is 0 Å². The summed E-state index contributed by atoms with van der Waals surface area (Å²) in [6.45, 7) is 5.11. The Morgan fingerprint density at radius 3 is 2.60 bits per heavy atom. The zero-order valence-corrected chi connectivity index (χ0v) is 9.13. The summed E-state index contributed by atoms with van der Waals surface area (Å²) in [5.41, 5.74) is 2.34. The Kier molecular flexibility index (Phi) is 3.24. The van der Waals surface area contributed by atoms with Gasteiger partial charge in [0.15, 0.2) is 0 Å². The molecule has 1 aromatic rings. The lowest BCUT2D eigenvalue weighted by atomic mass is 10.0. The second-order valence-electron chi connectivity index (χ2n) is 3.44. The van der Waals surface area contributed by atoms with E-state index in [-0.39, 0.29) is 0 Å². The van der Waals surface area contributed by atoms with Crippen molar-refractivity contribution >= 4 is 17.7 Å². The van der Waals surface area contributed by atoms with Crippen LogP contribution in [0.1, 0.15) is 5.56 Å². The summed E-state index contributed by atoms with van der Waals surface area (Å²) in [4.78, 5) is 0. The number of benzene rings is 1. The number of hydrogen-bond acceptors (Lipinski definition) is 1. The first-order valence-electron chi connectivity index (χ1n) is 4.82. The molecule has 0 spiro atoms. The van der Waals surface area contributed by atoms with E-state index in [4.69, 9.17) is 16.3 Å². The first-order valence-corrected chi connectivity index (χ1v) is 5.20. The van der Waals surface area contributed by atoms with E-state index < -0.39 is 0 Å². The van der Waals surface area contributed by atoms with E-state index >= 15 is 0 Å². The molecule has 1 aliphatic heterocycles. The first kappa shape index (κ1) is 10.5. The predicted molar refractivity (Wildman–Crippen MR) is 63.7 cm³/mol. The van der Waals surface area contributed by atoms with Gasteiger partial charge in [-0.15, -0.1) is 6.58 Å². The highest BCUT2D eigenvalue weighted by Gasteiger charge is 2.18. The van der Waals surface area contributed by atoms with Crippen LogP contribution in [0, 0.1) is 5.92 Å². The van der Waals surface area contributed by atoms with Crippen LogP contribution in [0.3, 0.4) is 0 Å². The second-order valence-corrected chi connectivity index (χ2v) is 3.88. The molecule has 0 amide bonds. The van der Waals surface area contributed by atoms with E-state index in [0.29, 0.717) is 13.2 Å². The summed E-state index contributed by atoms with van der Waals surface area (Å²) in [5, 5.41) is 0.757. The average Bonchev–Trinajstić information content (AvgIpc) is 2.69. The second kappa shape index (κ2) is 4.65. The largest absolute Gasteiger partial charge is 0.376 e. The molecule has 1 aliphatic rings. The van der Waals surface area contributed by atoms with Gasteiger partial charge in [0.05, 0.1) is 13.2 Å². The SMILES string of the molecule is C=C[C]1COC/C1=C/c1ccc(Cl)cc1. The van der Waals surface area contributed by atoms with Crippen LogP contribution in [-0.4, -0.2) is 13.2 Å². The predicted octanol–water partition coefficient (Wildman–Crippen LogP) is 3.51. The van der Waals surface area contributed by atoms with Gasteiger partial charge in [0.1, 0.15) is 0 Å². The number of halogens is 1. The lowest BCUT2D eigenvalue weighted by molar-refractivity contribution is 0.211. The van der Waals surface area contributed by atoms with Crippen LogP contribution in [0.4, 0.5) is 0 Å². The summed E-state index contributed by atoms with van der Waals surface area (Å²) in [5.74, 6) is 1.17. The Balaban J connectivity index is 2.22. The highest BCUT2D eigenvalue weighted by Crippen LogP contribution is 2.25. The Labute approximate surface area is 95.0 Å². The van der Waals surface area contributed by atoms with Gasteiger partial charge >= 0.3 is 0 Å². The van der Waals surface area contributed by atoms with Crippen molar-refractivity contribution in [2.75, 3.05) is 13.2 Å². The molecule has 1 nitrogen and oxygen atoms in total. The van der Waals surface area contributed by atoms with Gasteiger partial charge in [0, 0.05) is 10.9 Å². The summed E-state index contributed by atoms with van der Waals surface area (Å²) in [7, 11) is 0. The van der Waals surface area contributed by atoms with E-state index in [2.05, 4.69) is 12.7 Å². The summed E-state index contributed by atoms with van der Waals surface area (Å²) in [6.07, 6.45) is 3.97.